The van der Waals surface area contributed by atoms with Crippen LogP contribution in [0.1, 0.15) is 12.1 Å². The Morgan fingerprint density at radius 3 is 2.92 bits per heavy atom. The maximum absolute atomic E-state index is 12.7. The third kappa shape index (κ3) is 4.00. The van der Waals surface area contributed by atoms with Crippen molar-refractivity contribution in [3.05, 3.63) is 40.4 Å². The van der Waals surface area contributed by atoms with Gasteiger partial charge in [0.25, 0.3) is 0 Å². The summed E-state index contributed by atoms with van der Waals surface area (Å²) in [5.41, 5.74) is 1.59. The Morgan fingerprint density at radius 1 is 1.48 bits per heavy atom. The number of anilines is 2. The molecule has 3 rings (SSSR count). The molecule has 1 unspecified atom stereocenters. The van der Waals surface area contributed by atoms with Crippen molar-refractivity contribution in [3.63, 3.8) is 0 Å². The lowest BCUT2D eigenvalue weighted by Crippen LogP contribution is -2.43. The number of carbonyl (C=O) groups is 2. The number of carbonyl (C=O) groups excluding carboxylic acids is 2. The number of thiazole rings is 1. The lowest BCUT2D eigenvalue weighted by molar-refractivity contribution is -0.123. The predicted molar refractivity (Wildman–Crippen MR) is 100 cm³/mol. The van der Waals surface area contributed by atoms with E-state index in [9.17, 15) is 9.59 Å². The molecule has 0 radical (unpaired) electrons. The zero-order chi connectivity index (χ0) is 18.0. The van der Waals surface area contributed by atoms with Gasteiger partial charge in [-0.2, -0.15) is 0 Å². The lowest BCUT2D eigenvalue weighted by Gasteiger charge is -2.23. The van der Waals surface area contributed by atoms with Gasteiger partial charge >= 0.3 is 0 Å². The highest BCUT2D eigenvalue weighted by Gasteiger charge is 2.36. The number of halogens is 1. The van der Waals surface area contributed by atoms with Crippen molar-refractivity contribution >= 4 is 45.6 Å². The number of amides is 2. The van der Waals surface area contributed by atoms with E-state index >= 15 is 0 Å². The number of para-hydroxylation sites is 1. The SMILES string of the molecule is Cc1csc(NC(=O)CN(C)C2CCN(c3ccccc3Cl)C2=O)n1. The van der Waals surface area contributed by atoms with Gasteiger partial charge < -0.3 is 10.2 Å². The molecule has 0 bridgehead atoms. The molecular formula is C17H19ClN4O2S. The fourth-order valence-corrected chi connectivity index (χ4v) is 3.83. The van der Waals surface area contributed by atoms with Crippen LogP contribution in [0.4, 0.5) is 10.8 Å². The van der Waals surface area contributed by atoms with Gasteiger partial charge in [-0.1, -0.05) is 23.7 Å². The van der Waals surface area contributed by atoms with Gasteiger partial charge in [-0.15, -0.1) is 11.3 Å². The number of nitrogens with zero attached hydrogens (tertiary/aromatic N) is 3. The second kappa shape index (κ2) is 7.51. The fraction of sp³-hybridized carbons (Fsp3) is 0.353. The van der Waals surface area contributed by atoms with Gasteiger partial charge in [-0.25, -0.2) is 4.98 Å². The van der Waals surface area contributed by atoms with E-state index in [4.69, 9.17) is 11.6 Å². The summed E-state index contributed by atoms with van der Waals surface area (Å²) in [6, 6.07) is 6.96. The van der Waals surface area contributed by atoms with Crippen LogP contribution in [0.25, 0.3) is 0 Å². The lowest BCUT2D eigenvalue weighted by atomic mass is 10.2. The van der Waals surface area contributed by atoms with Gasteiger partial charge in [-0.3, -0.25) is 14.5 Å². The maximum Gasteiger partial charge on any atom is 0.244 e. The van der Waals surface area contributed by atoms with E-state index in [2.05, 4.69) is 10.3 Å². The van der Waals surface area contributed by atoms with E-state index in [1.165, 1.54) is 11.3 Å². The maximum atomic E-state index is 12.7. The van der Waals surface area contributed by atoms with Crippen LogP contribution >= 0.6 is 22.9 Å². The summed E-state index contributed by atoms with van der Waals surface area (Å²) in [5.74, 6) is -0.214. The van der Waals surface area contributed by atoms with Gasteiger partial charge in [0.1, 0.15) is 0 Å². The van der Waals surface area contributed by atoms with Gasteiger partial charge in [-0.05, 0) is 32.5 Å². The minimum absolute atomic E-state index is 0.0338. The van der Waals surface area contributed by atoms with Gasteiger partial charge in [0.2, 0.25) is 11.8 Å². The quantitative estimate of drug-likeness (QED) is 0.868. The Morgan fingerprint density at radius 2 is 2.24 bits per heavy atom. The second-order valence-corrected chi connectivity index (χ2v) is 7.27. The summed E-state index contributed by atoms with van der Waals surface area (Å²) in [7, 11) is 1.78. The van der Waals surface area contributed by atoms with E-state index in [1.54, 1.807) is 22.9 Å². The third-order valence-corrected chi connectivity index (χ3v) is 5.31. The number of benzene rings is 1. The minimum atomic E-state index is -0.333. The molecule has 2 aromatic rings. The van der Waals surface area contributed by atoms with E-state index in [0.717, 1.165) is 5.69 Å². The summed E-state index contributed by atoms with van der Waals surface area (Å²) in [6.45, 7) is 2.59. The summed E-state index contributed by atoms with van der Waals surface area (Å²) in [6.07, 6.45) is 0.657. The van der Waals surface area contributed by atoms with Crippen LogP contribution < -0.4 is 10.2 Å². The Kier molecular flexibility index (Phi) is 5.36. The first kappa shape index (κ1) is 17.8. The molecule has 1 atom stereocenters. The van der Waals surface area contributed by atoms with E-state index in [1.807, 2.05) is 30.5 Å². The van der Waals surface area contributed by atoms with Crippen LogP contribution in [0.5, 0.6) is 0 Å². The molecule has 132 valence electrons. The van der Waals surface area contributed by atoms with Crippen molar-refractivity contribution in [1.29, 1.82) is 0 Å². The van der Waals surface area contributed by atoms with Gasteiger partial charge in [0.15, 0.2) is 5.13 Å². The number of rotatable bonds is 5. The number of hydrogen-bond donors (Lipinski definition) is 1. The molecule has 2 heterocycles. The minimum Gasteiger partial charge on any atom is -0.310 e. The molecule has 1 aromatic heterocycles. The monoisotopic (exact) mass is 378 g/mol. The van der Waals surface area contributed by atoms with E-state index in [0.29, 0.717) is 28.8 Å². The van der Waals surface area contributed by atoms with Crippen LogP contribution in [0.15, 0.2) is 29.6 Å². The summed E-state index contributed by atoms with van der Waals surface area (Å²) in [5, 5.41) is 5.77. The zero-order valence-electron chi connectivity index (χ0n) is 14.0. The highest BCUT2D eigenvalue weighted by atomic mass is 35.5. The summed E-state index contributed by atoms with van der Waals surface area (Å²) >= 11 is 7.58. The van der Waals surface area contributed by atoms with Crippen molar-refractivity contribution in [3.8, 4) is 0 Å². The molecule has 0 saturated carbocycles. The Bertz CT molecular complexity index is 794. The van der Waals surface area contributed by atoms with Crippen LogP contribution in [0.3, 0.4) is 0 Å². The van der Waals surface area contributed by atoms with Crippen LogP contribution in [-0.4, -0.2) is 47.9 Å². The molecule has 6 nitrogen and oxygen atoms in total. The van der Waals surface area contributed by atoms with Gasteiger partial charge in [0.05, 0.1) is 29.0 Å². The average Bonchev–Trinajstić information content (AvgIpc) is 3.13. The molecule has 1 saturated heterocycles. The van der Waals surface area contributed by atoms with Crippen molar-refractivity contribution in [2.45, 2.75) is 19.4 Å². The average molecular weight is 379 g/mol. The number of likely N-dealkylation sites (N-methyl/N-ethyl adjacent to an activating group) is 1. The first-order valence-electron chi connectivity index (χ1n) is 7.94. The topological polar surface area (TPSA) is 65.5 Å². The molecule has 1 fully saturated rings. The molecule has 0 aliphatic carbocycles. The molecule has 1 aromatic carbocycles. The largest absolute Gasteiger partial charge is 0.310 e. The summed E-state index contributed by atoms with van der Waals surface area (Å²) in [4.78, 5) is 32.6. The Hall–Kier alpha value is -1.96. The first-order chi connectivity index (χ1) is 12.0. The molecule has 8 heteroatoms. The van der Waals surface area contributed by atoms with Crippen LogP contribution in [-0.2, 0) is 9.59 Å². The van der Waals surface area contributed by atoms with Crippen LogP contribution in [0, 0.1) is 6.92 Å². The number of aromatic nitrogens is 1. The highest BCUT2D eigenvalue weighted by Crippen LogP contribution is 2.30. The van der Waals surface area contributed by atoms with E-state index in [-0.39, 0.29) is 24.4 Å². The molecular weight excluding hydrogens is 360 g/mol. The zero-order valence-corrected chi connectivity index (χ0v) is 15.6. The number of aryl methyl sites for hydroxylation is 1. The first-order valence-corrected chi connectivity index (χ1v) is 9.19. The molecule has 2 amide bonds. The predicted octanol–water partition coefficient (Wildman–Crippen LogP) is 2.78. The second-order valence-electron chi connectivity index (χ2n) is 6.00. The van der Waals surface area contributed by atoms with Gasteiger partial charge in [0, 0.05) is 11.9 Å². The third-order valence-electron chi connectivity index (χ3n) is 4.11. The molecule has 1 aliphatic rings. The van der Waals surface area contributed by atoms with Crippen molar-refractivity contribution in [2.75, 3.05) is 30.4 Å². The summed E-state index contributed by atoms with van der Waals surface area (Å²) < 4.78 is 0. The highest BCUT2D eigenvalue weighted by molar-refractivity contribution is 7.13. The number of nitrogens with one attached hydrogen (secondary N) is 1. The van der Waals surface area contributed by atoms with Crippen molar-refractivity contribution < 1.29 is 9.59 Å². The van der Waals surface area contributed by atoms with Crippen molar-refractivity contribution in [1.82, 2.24) is 9.88 Å². The standard InChI is InChI=1S/C17H19ClN4O2S/c1-11-10-25-17(19-11)20-15(23)9-21(2)14-7-8-22(16(14)24)13-6-4-3-5-12(13)18/h3-6,10,14H,7-9H2,1-2H3,(H,19,20,23). The number of hydrogen-bond acceptors (Lipinski definition) is 5. The fourth-order valence-electron chi connectivity index (χ4n) is 2.89. The molecule has 25 heavy (non-hydrogen) atoms. The Labute approximate surface area is 155 Å². The van der Waals surface area contributed by atoms with Crippen molar-refractivity contribution in [2.24, 2.45) is 0 Å². The normalized spacial score (nSPS) is 17.4. The Balaban J connectivity index is 1.61. The molecule has 1 N–H and O–H groups in total. The molecule has 0 spiro atoms. The molecule has 1 aliphatic heterocycles. The van der Waals surface area contributed by atoms with E-state index < -0.39 is 0 Å². The smallest absolute Gasteiger partial charge is 0.244 e. The van der Waals surface area contributed by atoms with Crippen LogP contribution in [0.2, 0.25) is 5.02 Å².